The molecule has 0 N–H and O–H groups in total. The molecule has 0 aliphatic rings. The van der Waals surface area contributed by atoms with Crippen LogP contribution in [0.3, 0.4) is 0 Å². The predicted octanol–water partition coefficient (Wildman–Crippen LogP) is 2.69. The van der Waals surface area contributed by atoms with Crippen LogP contribution in [-0.4, -0.2) is 31.0 Å². The number of sulfone groups is 1. The van der Waals surface area contributed by atoms with Gasteiger partial charge in [0.2, 0.25) is 0 Å². The van der Waals surface area contributed by atoms with Gasteiger partial charge in [0.05, 0.1) is 15.9 Å². The zero-order valence-electron chi connectivity index (χ0n) is 11.2. The third-order valence-electron chi connectivity index (χ3n) is 2.72. The van der Waals surface area contributed by atoms with Crippen LogP contribution in [0.2, 0.25) is 0 Å². The van der Waals surface area contributed by atoms with Gasteiger partial charge >= 0.3 is 5.69 Å². The highest BCUT2D eigenvalue weighted by Crippen LogP contribution is 2.28. The molecule has 0 bridgehead atoms. The van der Waals surface area contributed by atoms with Crippen LogP contribution in [0.5, 0.6) is 5.75 Å². The van der Waals surface area contributed by atoms with E-state index in [2.05, 4.69) is 15.9 Å². The summed E-state index contributed by atoms with van der Waals surface area (Å²) in [4.78, 5) is 10.4. The summed E-state index contributed by atoms with van der Waals surface area (Å²) in [6.45, 7) is 3.07. The summed E-state index contributed by atoms with van der Waals surface area (Å²) in [5.41, 5.74) is 0.586. The van der Waals surface area contributed by atoms with Gasteiger partial charge in [0.15, 0.2) is 15.6 Å². The van der Waals surface area contributed by atoms with Crippen molar-refractivity contribution in [1.82, 2.24) is 0 Å². The van der Waals surface area contributed by atoms with E-state index in [1.54, 1.807) is 19.9 Å². The molecule has 0 radical (unpaired) electrons. The average Bonchev–Trinajstić information content (AvgIpc) is 2.38. The van der Waals surface area contributed by atoms with Gasteiger partial charge in [-0.3, -0.25) is 10.1 Å². The first kappa shape index (κ1) is 16.9. The summed E-state index contributed by atoms with van der Waals surface area (Å²) in [6, 6.07) is 4.58. The van der Waals surface area contributed by atoms with Gasteiger partial charge in [-0.15, -0.1) is 0 Å². The van der Waals surface area contributed by atoms with Crippen molar-refractivity contribution < 1.29 is 18.1 Å². The van der Waals surface area contributed by atoms with Crippen molar-refractivity contribution in [3.8, 4) is 5.75 Å². The first-order valence-electron chi connectivity index (χ1n) is 5.95. The molecule has 0 unspecified atom stereocenters. The highest BCUT2D eigenvalue weighted by molar-refractivity contribution is 9.08. The smallest absolute Gasteiger partial charge is 0.311 e. The molecular formula is C12H16BrNO5S. The second-order valence-corrected chi connectivity index (χ2v) is 7.69. The molecule has 0 aliphatic carbocycles. The number of halogens is 1. The first-order chi connectivity index (χ1) is 9.27. The third kappa shape index (κ3) is 4.45. The number of nitro groups is 1. The van der Waals surface area contributed by atoms with Gasteiger partial charge in [-0.2, -0.15) is 0 Å². The molecule has 1 rings (SSSR count). The summed E-state index contributed by atoms with van der Waals surface area (Å²) < 4.78 is 28.5. The van der Waals surface area contributed by atoms with Crippen LogP contribution >= 0.6 is 15.9 Å². The Labute approximate surface area is 126 Å². The zero-order valence-corrected chi connectivity index (χ0v) is 13.6. The molecule has 0 heterocycles. The van der Waals surface area contributed by atoms with E-state index in [0.29, 0.717) is 5.33 Å². The molecule has 1 aromatic carbocycles. The van der Waals surface area contributed by atoms with Gasteiger partial charge in [0.1, 0.15) is 6.61 Å². The number of nitrogens with zero attached hydrogens (tertiary/aromatic N) is 1. The molecule has 0 atom stereocenters. The topological polar surface area (TPSA) is 86.5 Å². The maximum Gasteiger partial charge on any atom is 0.311 e. The van der Waals surface area contributed by atoms with Crippen molar-refractivity contribution in [2.45, 2.75) is 24.4 Å². The second kappa shape index (κ2) is 7.03. The van der Waals surface area contributed by atoms with E-state index >= 15 is 0 Å². The van der Waals surface area contributed by atoms with Crippen LogP contribution in [0.4, 0.5) is 5.69 Å². The fourth-order valence-corrected chi connectivity index (χ4v) is 2.55. The summed E-state index contributed by atoms with van der Waals surface area (Å²) >= 11 is 3.22. The molecule has 112 valence electrons. The fraction of sp³-hybridized carbons (Fsp3) is 0.500. The minimum Gasteiger partial charge on any atom is -0.486 e. The highest BCUT2D eigenvalue weighted by Gasteiger charge is 2.19. The average molecular weight is 366 g/mol. The lowest BCUT2D eigenvalue weighted by Gasteiger charge is -2.10. The van der Waals surface area contributed by atoms with Crippen molar-refractivity contribution in [1.29, 1.82) is 0 Å². The van der Waals surface area contributed by atoms with Gasteiger partial charge in [-0.1, -0.05) is 22.0 Å². The van der Waals surface area contributed by atoms with Gasteiger partial charge in [0.25, 0.3) is 0 Å². The number of ether oxygens (including phenoxy) is 1. The maximum atomic E-state index is 11.6. The van der Waals surface area contributed by atoms with E-state index in [1.165, 1.54) is 12.1 Å². The molecule has 0 aliphatic heterocycles. The lowest BCUT2D eigenvalue weighted by atomic mass is 10.2. The Hall–Kier alpha value is -1.15. The van der Waals surface area contributed by atoms with Crippen molar-refractivity contribution in [2.24, 2.45) is 0 Å². The molecule has 20 heavy (non-hydrogen) atoms. The summed E-state index contributed by atoms with van der Waals surface area (Å²) in [5.74, 6) is -0.0826. The normalized spacial score (nSPS) is 11.6. The van der Waals surface area contributed by atoms with Gasteiger partial charge in [-0.25, -0.2) is 8.42 Å². The predicted molar refractivity (Wildman–Crippen MR) is 80.1 cm³/mol. The lowest BCUT2D eigenvalue weighted by Crippen LogP contribution is -2.22. The van der Waals surface area contributed by atoms with Crippen LogP contribution < -0.4 is 4.74 Å². The van der Waals surface area contributed by atoms with E-state index in [-0.39, 0.29) is 23.8 Å². The highest BCUT2D eigenvalue weighted by atomic mass is 79.9. The summed E-state index contributed by atoms with van der Waals surface area (Å²) in [7, 11) is -3.22. The molecule has 8 heteroatoms. The fourth-order valence-electron chi connectivity index (χ4n) is 1.41. The van der Waals surface area contributed by atoms with E-state index in [4.69, 9.17) is 4.74 Å². The molecule has 0 aromatic heterocycles. The number of nitro benzene ring substituents is 1. The number of hydrogen-bond acceptors (Lipinski definition) is 5. The standard InChI is InChI=1S/C12H16BrNO5S/c1-9(2)20(17,18)6-5-19-12-4-3-10(8-13)7-11(12)14(15)16/h3-4,7,9H,5-6,8H2,1-2H3. The molecule has 1 aromatic rings. The van der Waals surface area contributed by atoms with Crippen LogP contribution in [0, 0.1) is 10.1 Å². The van der Waals surface area contributed by atoms with E-state index in [0.717, 1.165) is 5.56 Å². The number of benzene rings is 1. The molecule has 0 spiro atoms. The third-order valence-corrected chi connectivity index (χ3v) is 5.54. The molecule has 0 fully saturated rings. The first-order valence-corrected chi connectivity index (χ1v) is 8.79. The van der Waals surface area contributed by atoms with E-state index in [9.17, 15) is 18.5 Å². The van der Waals surface area contributed by atoms with Crippen LogP contribution in [0.25, 0.3) is 0 Å². The minimum atomic E-state index is -3.22. The van der Waals surface area contributed by atoms with Gasteiger partial charge in [-0.05, 0) is 25.5 Å². The number of hydrogen-bond donors (Lipinski definition) is 0. The van der Waals surface area contributed by atoms with Gasteiger partial charge < -0.3 is 4.74 Å². The van der Waals surface area contributed by atoms with Crippen molar-refractivity contribution in [2.75, 3.05) is 12.4 Å². The van der Waals surface area contributed by atoms with Crippen LogP contribution in [0.1, 0.15) is 19.4 Å². The SMILES string of the molecule is CC(C)S(=O)(=O)CCOc1ccc(CBr)cc1[N+](=O)[O-]. The summed E-state index contributed by atoms with van der Waals surface area (Å²) in [5, 5.41) is 11.0. The lowest BCUT2D eigenvalue weighted by molar-refractivity contribution is -0.385. The molecule has 0 saturated heterocycles. The Morgan fingerprint density at radius 2 is 2.05 bits per heavy atom. The zero-order chi connectivity index (χ0) is 15.3. The van der Waals surface area contributed by atoms with Crippen LogP contribution in [-0.2, 0) is 15.2 Å². The molecular weight excluding hydrogens is 350 g/mol. The summed E-state index contributed by atoms with van der Waals surface area (Å²) in [6.07, 6.45) is 0. The number of rotatable bonds is 7. The van der Waals surface area contributed by atoms with Crippen molar-refractivity contribution >= 4 is 31.5 Å². The van der Waals surface area contributed by atoms with E-state index in [1.807, 2.05) is 0 Å². The second-order valence-electron chi connectivity index (χ2n) is 4.46. The minimum absolute atomic E-state index is 0.0821. The molecule has 6 nitrogen and oxygen atoms in total. The van der Waals surface area contributed by atoms with Gasteiger partial charge in [0, 0.05) is 11.4 Å². The Kier molecular flexibility index (Phi) is 5.94. The quantitative estimate of drug-likeness (QED) is 0.421. The number of alkyl halides is 1. The largest absolute Gasteiger partial charge is 0.486 e. The van der Waals surface area contributed by atoms with Crippen molar-refractivity contribution in [3.05, 3.63) is 33.9 Å². The monoisotopic (exact) mass is 365 g/mol. The van der Waals surface area contributed by atoms with Crippen LogP contribution in [0.15, 0.2) is 18.2 Å². The van der Waals surface area contributed by atoms with Crippen molar-refractivity contribution in [3.63, 3.8) is 0 Å². The Morgan fingerprint density at radius 1 is 1.40 bits per heavy atom. The Balaban J connectivity index is 2.81. The van der Waals surface area contributed by atoms with E-state index < -0.39 is 20.0 Å². The molecule has 0 amide bonds. The molecule has 0 saturated carbocycles. The maximum absolute atomic E-state index is 11.6. The Morgan fingerprint density at radius 3 is 2.55 bits per heavy atom. The Bertz CT molecular complexity index is 586.